The fourth-order valence-corrected chi connectivity index (χ4v) is 3.79. The van der Waals surface area contributed by atoms with Gasteiger partial charge >= 0.3 is 0 Å². The summed E-state index contributed by atoms with van der Waals surface area (Å²) < 4.78 is 5.28. The molecule has 2 aliphatic rings. The molecule has 1 N–H and O–H groups in total. The molecule has 0 aromatic heterocycles. The number of carbonyl (C=O) groups is 1. The van der Waals surface area contributed by atoms with Crippen LogP contribution >= 0.6 is 11.6 Å². The van der Waals surface area contributed by atoms with Crippen LogP contribution in [0.5, 0.6) is 5.75 Å². The summed E-state index contributed by atoms with van der Waals surface area (Å²) in [5, 5.41) is 10.6. The van der Waals surface area contributed by atoms with Crippen LogP contribution < -0.4 is 4.74 Å². The number of amides is 1. The van der Waals surface area contributed by atoms with Gasteiger partial charge in [0, 0.05) is 37.2 Å². The molecule has 126 valence electrons. The van der Waals surface area contributed by atoms with Gasteiger partial charge < -0.3 is 14.7 Å². The van der Waals surface area contributed by atoms with Crippen molar-refractivity contribution >= 4 is 17.5 Å². The lowest BCUT2D eigenvalue weighted by atomic mass is 10.1. The van der Waals surface area contributed by atoms with Crippen molar-refractivity contribution in [1.82, 2.24) is 9.80 Å². The maximum atomic E-state index is 12.7. The largest absolute Gasteiger partial charge is 0.496 e. The maximum absolute atomic E-state index is 12.7. The van der Waals surface area contributed by atoms with Crippen LogP contribution in [0.1, 0.15) is 29.6 Å². The molecule has 1 aliphatic heterocycles. The van der Waals surface area contributed by atoms with Gasteiger partial charge in [-0.05, 0) is 37.5 Å². The summed E-state index contributed by atoms with van der Waals surface area (Å²) in [4.78, 5) is 16.9. The number of ether oxygens (including phenoxy) is 1. The van der Waals surface area contributed by atoms with Crippen molar-refractivity contribution in [1.29, 1.82) is 0 Å². The van der Waals surface area contributed by atoms with E-state index in [4.69, 9.17) is 16.3 Å². The molecule has 1 amide bonds. The van der Waals surface area contributed by atoms with Gasteiger partial charge in [0.15, 0.2) is 0 Å². The first-order valence-corrected chi connectivity index (χ1v) is 8.53. The molecule has 2 unspecified atom stereocenters. The third-order valence-corrected chi connectivity index (χ3v) is 5.14. The molecule has 1 aromatic carbocycles. The van der Waals surface area contributed by atoms with Crippen LogP contribution in [-0.4, -0.2) is 66.2 Å². The van der Waals surface area contributed by atoms with E-state index in [1.165, 1.54) is 0 Å². The highest BCUT2D eigenvalue weighted by Gasteiger charge is 2.33. The minimum Gasteiger partial charge on any atom is -0.496 e. The molecule has 0 radical (unpaired) electrons. The SMILES string of the molecule is COc1ccc(Cl)cc1C(=O)N1CCN(C2CCCC2O)CC1. The topological polar surface area (TPSA) is 53.0 Å². The van der Waals surface area contributed by atoms with E-state index in [0.717, 1.165) is 32.4 Å². The fourth-order valence-electron chi connectivity index (χ4n) is 3.62. The second-order valence-electron chi connectivity index (χ2n) is 6.24. The molecule has 6 heteroatoms. The van der Waals surface area contributed by atoms with Crippen LogP contribution in [0.4, 0.5) is 0 Å². The Balaban J connectivity index is 1.65. The molecule has 2 fully saturated rings. The van der Waals surface area contributed by atoms with Crippen molar-refractivity contribution in [3.05, 3.63) is 28.8 Å². The maximum Gasteiger partial charge on any atom is 0.257 e. The van der Waals surface area contributed by atoms with Crippen LogP contribution in [0.25, 0.3) is 0 Å². The Hall–Kier alpha value is -1.30. The normalized spacial score (nSPS) is 25.6. The van der Waals surface area contributed by atoms with E-state index in [9.17, 15) is 9.90 Å². The summed E-state index contributed by atoms with van der Waals surface area (Å²) in [6.07, 6.45) is 2.82. The number of aliphatic hydroxyl groups excluding tert-OH is 1. The van der Waals surface area contributed by atoms with Crippen LogP contribution in [0, 0.1) is 0 Å². The quantitative estimate of drug-likeness (QED) is 0.916. The van der Waals surface area contributed by atoms with Crippen LogP contribution in [0.15, 0.2) is 18.2 Å². The monoisotopic (exact) mass is 338 g/mol. The first-order valence-electron chi connectivity index (χ1n) is 8.15. The molecule has 2 atom stereocenters. The lowest BCUT2D eigenvalue weighted by Gasteiger charge is -2.39. The molecule has 5 nitrogen and oxygen atoms in total. The fraction of sp³-hybridized carbons (Fsp3) is 0.588. The van der Waals surface area contributed by atoms with E-state index in [1.54, 1.807) is 25.3 Å². The van der Waals surface area contributed by atoms with Gasteiger partial charge in [-0.3, -0.25) is 9.69 Å². The standard InChI is InChI=1S/C17H23ClN2O3/c1-23-16-6-5-12(18)11-13(16)17(22)20-9-7-19(8-10-20)14-3-2-4-15(14)21/h5-6,11,14-15,21H,2-4,7-10H2,1H3. The van der Waals surface area contributed by atoms with E-state index in [0.29, 0.717) is 29.4 Å². The second kappa shape index (κ2) is 7.07. The van der Waals surface area contributed by atoms with Crippen LogP contribution in [0.3, 0.4) is 0 Å². The van der Waals surface area contributed by atoms with Crippen molar-refractivity contribution in [2.24, 2.45) is 0 Å². The van der Waals surface area contributed by atoms with Gasteiger partial charge in [0.05, 0.1) is 18.8 Å². The first-order chi connectivity index (χ1) is 11.1. The number of nitrogens with zero attached hydrogens (tertiary/aromatic N) is 2. The van der Waals surface area contributed by atoms with Gasteiger partial charge in [-0.1, -0.05) is 11.6 Å². The van der Waals surface area contributed by atoms with Gasteiger partial charge in [-0.15, -0.1) is 0 Å². The molecule has 1 aliphatic carbocycles. The smallest absolute Gasteiger partial charge is 0.257 e. The average molecular weight is 339 g/mol. The summed E-state index contributed by atoms with van der Waals surface area (Å²) in [6.45, 7) is 2.93. The highest BCUT2D eigenvalue weighted by Crippen LogP contribution is 2.27. The zero-order valence-electron chi connectivity index (χ0n) is 13.4. The summed E-state index contributed by atoms with van der Waals surface area (Å²) in [6, 6.07) is 5.36. The molecule has 23 heavy (non-hydrogen) atoms. The summed E-state index contributed by atoms with van der Waals surface area (Å²) >= 11 is 6.02. The number of hydrogen-bond acceptors (Lipinski definition) is 4. The molecule has 1 saturated heterocycles. The van der Waals surface area contributed by atoms with Gasteiger partial charge in [0.25, 0.3) is 5.91 Å². The van der Waals surface area contributed by atoms with Crippen molar-refractivity contribution in [2.75, 3.05) is 33.3 Å². The number of benzene rings is 1. The number of methoxy groups -OCH3 is 1. The first kappa shape index (κ1) is 16.6. The summed E-state index contributed by atoms with van der Waals surface area (Å²) in [5.41, 5.74) is 0.509. The molecule has 1 saturated carbocycles. The minimum atomic E-state index is -0.217. The second-order valence-corrected chi connectivity index (χ2v) is 6.67. The average Bonchev–Trinajstić information content (AvgIpc) is 3.00. The van der Waals surface area contributed by atoms with Gasteiger partial charge in [0.1, 0.15) is 5.75 Å². The Morgan fingerprint density at radius 1 is 1.26 bits per heavy atom. The van der Waals surface area contributed by atoms with Gasteiger partial charge in [0.2, 0.25) is 0 Å². The zero-order valence-corrected chi connectivity index (χ0v) is 14.1. The van der Waals surface area contributed by atoms with E-state index in [2.05, 4.69) is 4.90 Å². The van der Waals surface area contributed by atoms with Gasteiger partial charge in [-0.25, -0.2) is 0 Å². The predicted octanol–water partition coefficient (Wildman–Crippen LogP) is 2.02. The molecule has 1 aromatic rings. The Morgan fingerprint density at radius 3 is 2.61 bits per heavy atom. The third kappa shape index (κ3) is 3.47. The molecule has 3 rings (SSSR count). The van der Waals surface area contributed by atoms with Crippen molar-refractivity contribution in [3.63, 3.8) is 0 Å². The molecule has 1 heterocycles. The zero-order chi connectivity index (χ0) is 16.4. The van der Waals surface area contributed by atoms with Crippen LogP contribution in [-0.2, 0) is 0 Å². The molecular weight excluding hydrogens is 316 g/mol. The highest BCUT2D eigenvalue weighted by molar-refractivity contribution is 6.31. The van der Waals surface area contributed by atoms with Gasteiger partial charge in [-0.2, -0.15) is 0 Å². The van der Waals surface area contributed by atoms with Crippen molar-refractivity contribution < 1.29 is 14.6 Å². The Labute approximate surface area is 141 Å². The minimum absolute atomic E-state index is 0.0454. The summed E-state index contributed by atoms with van der Waals surface area (Å²) in [5.74, 6) is 0.504. The molecular formula is C17H23ClN2O3. The van der Waals surface area contributed by atoms with E-state index < -0.39 is 0 Å². The van der Waals surface area contributed by atoms with E-state index in [1.807, 2.05) is 4.90 Å². The molecule has 0 spiro atoms. The van der Waals surface area contributed by atoms with Crippen LogP contribution in [0.2, 0.25) is 5.02 Å². The summed E-state index contributed by atoms with van der Waals surface area (Å²) in [7, 11) is 1.55. The van der Waals surface area contributed by atoms with Crippen molar-refractivity contribution in [3.8, 4) is 5.75 Å². The van der Waals surface area contributed by atoms with E-state index >= 15 is 0 Å². The van der Waals surface area contributed by atoms with E-state index in [-0.39, 0.29) is 18.1 Å². The number of hydrogen-bond donors (Lipinski definition) is 1. The van der Waals surface area contributed by atoms with Crippen molar-refractivity contribution in [2.45, 2.75) is 31.4 Å². The lowest BCUT2D eigenvalue weighted by molar-refractivity contribution is 0.0314. The highest BCUT2D eigenvalue weighted by atomic mass is 35.5. The Bertz CT molecular complexity index is 573. The number of rotatable bonds is 3. The number of aliphatic hydroxyl groups is 1. The Morgan fingerprint density at radius 2 is 2.00 bits per heavy atom. The molecule has 0 bridgehead atoms. The Kier molecular flexibility index (Phi) is 5.09. The number of piperazine rings is 1. The predicted molar refractivity (Wildman–Crippen MR) is 89.1 cm³/mol. The lowest BCUT2D eigenvalue weighted by Crippen LogP contribution is -2.53. The third-order valence-electron chi connectivity index (χ3n) is 4.91. The number of halogens is 1. The number of carbonyl (C=O) groups excluding carboxylic acids is 1.